The summed E-state index contributed by atoms with van der Waals surface area (Å²) < 4.78 is 0. The van der Waals surface area contributed by atoms with Gasteiger partial charge in [-0.1, -0.05) is 60.7 Å². The lowest BCUT2D eigenvalue weighted by Gasteiger charge is -2.35. The Kier molecular flexibility index (Phi) is 5.90. The van der Waals surface area contributed by atoms with E-state index in [-0.39, 0.29) is 11.6 Å². The zero-order chi connectivity index (χ0) is 21.8. The number of aryl methyl sites for hydroxylation is 1. The minimum Gasteiger partial charge on any atom is -0.306 e. The van der Waals surface area contributed by atoms with Crippen LogP contribution in [0.3, 0.4) is 0 Å². The van der Waals surface area contributed by atoms with E-state index >= 15 is 0 Å². The van der Waals surface area contributed by atoms with Crippen molar-refractivity contribution in [2.75, 3.05) is 0 Å². The fourth-order valence-corrected chi connectivity index (χ4v) is 4.51. The monoisotopic (exact) mass is 422 g/mol. The molecule has 1 atom stereocenters. The molecule has 0 saturated carbocycles. The van der Waals surface area contributed by atoms with Crippen LogP contribution in [0.2, 0.25) is 0 Å². The molecule has 2 heterocycles. The molecular weight excluding hydrogens is 396 g/mol. The molecule has 0 radical (unpaired) electrons. The highest BCUT2D eigenvalue weighted by Crippen LogP contribution is 2.25. The van der Waals surface area contributed by atoms with Crippen molar-refractivity contribution >= 4 is 0 Å². The van der Waals surface area contributed by atoms with Crippen LogP contribution in [0, 0.1) is 0 Å². The van der Waals surface area contributed by atoms with Crippen LogP contribution in [0.5, 0.6) is 0 Å². The van der Waals surface area contributed by atoms with Gasteiger partial charge in [0.2, 0.25) is 0 Å². The van der Waals surface area contributed by atoms with E-state index in [1.54, 1.807) is 12.4 Å². The van der Waals surface area contributed by atoms with Crippen LogP contribution < -0.4 is 5.56 Å². The van der Waals surface area contributed by atoms with Crippen molar-refractivity contribution in [2.24, 2.45) is 0 Å². The minimum absolute atomic E-state index is 0.0223. The highest BCUT2D eigenvalue weighted by atomic mass is 16.1. The molecule has 5 nitrogen and oxygen atoms in total. The standard InChI is InChI=1S/C27H26N4O/c32-27-24-17-23(11-12-25(24)29-26(30-27)22-13-15-28-16-14-22)31(18-20-7-3-1-4-8-20)19-21-9-5-2-6-10-21/h1-10,13-16,23H,11-12,17-19H2,(H,29,30,32). The van der Waals surface area contributed by atoms with Crippen LogP contribution in [0.4, 0.5) is 0 Å². The van der Waals surface area contributed by atoms with E-state index in [0.29, 0.717) is 12.2 Å². The Morgan fingerprint density at radius 2 is 1.50 bits per heavy atom. The van der Waals surface area contributed by atoms with Gasteiger partial charge < -0.3 is 4.98 Å². The third kappa shape index (κ3) is 4.53. The summed E-state index contributed by atoms with van der Waals surface area (Å²) in [5.41, 5.74) is 5.19. The number of nitrogens with one attached hydrogen (secondary N) is 1. The first-order valence-electron chi connectivity index (χ1n) is 11.1. The third-order valence-electron chi connectivity index (χ3n) is 6.18. The Bertz CT molecular complexity index is 1180. The van der Waals surface area contributed by atoms with Gasteiger partial charge in [-0.25, -0.2) is 4.98 Å². The number of aromatic nitrogens is 3. The Balaban J connectivity index is 1.42. The van der Waals surface area contributed by atoms with Gasteiger partial charge in [0.25, 0.3) is 5.56 Å². The normalized spacial score (nSPS) is 15.5. The van der Waals surface area contributed by atoms with Gasteiger partial charge in [-0.05, 0) is 42.5 Å². The summed E-state index contributed by atoms with van der Waals surface area (Å²) in [5.74, 6) is 0.625. The minimum atomic E-state index is -0.0223. The first-order chi connectivity index (χ1) is 15.8. The van der Waals surface area contributed by atoms with Crippen LogP contribution in [0.15, 0.2) is 90.0 Å². The van der Waals surface area contributed by atoms with E-state index in [1.165, 1.54) is 11.1 Å². The van der Waals surface area contributed by atoms with E-state index in [4.69, 9.17) is 4.98 Å². The summed E-state index contributed by atoms with van der Waals surface area (Å²) in [5, 5.41) is 0. The molecule has 1 N–H and O–H groups in total. The number of pyridine rings is 1. The quantitative estimate of drug-likeness (QED) is 0.501. The van der Waals surface area contributed by atoms with Gasteiger partial charge in [-0.2, -0.15) is 0 Å². The van der Waals surface area contributed by atoms with E-state index in [1.807, 2.05) is 24.3 Å². The first-order valence-corrected chi connectivity index (χ1v) is 11.1. The van der Waals surface area contributed by atoms with E-state index in [0.717, 1.165) is 42.8 Å². The van der Waals surface area contributed by atoms with Gasteiger partial charge in [0.15, 0.2) is 0 Å². The number of fused-ring (bicyclic) bond motifs is 1. The number of nitrogens with zero attached hydrogens (tertiary/aromatic N) is 3. The summed E-state index contributed by atoms with van der Waals surface area (Å²) in [7, 11) is 0. The van der Waals surface area contributed by atoms with Gasteiger partial charge in [0.1, 0.15) is 5.82 Å². The highest BCUT2D eigenvalue weighted by Gasteiger charge is 2.28. The molecule has 32 heavy (non-hydrogen) atoms. The van der Waals surface area contributed by atoms with Crippen LogP contribution in [-0.2, 0) is 25.9 Å². The number of benzene rings is 2. The molecule has 0 aliphatic heterocycles. The number of H-pyrrole nitrogens is 1. The van der Waals surface area contributed by atoms with E-state index < -0.39 is 0 Å². The van der Waals surface area contributed by atoms with Crippen LogP contribution in [0.25, 0.3) is 11.4 Å². The molecule has 0 amide bonds. The molecule has 160 valence electrons. The zero-order valence-corrected chi connectivity index (χ0v) is 17.9. The van der Waals surface area contributed by atoms with E-state index in [2.05, 4.69) is 63.4 Å². The summed E-state index contributed by atoms with van der Waals surface area (Å²) in [6.07, 6.45) is 5.95. The second-order valence-electron chi connectivity index (χ2n) is 8.35. The Morgan fingerprint density at radius 3 is 2.12 bits per heavy atom. The van der Waals surface area contributed by atoms with Gasteiger partial charge >= 0.3 is 0 Å². The molecule has 5 heteroatoms. The zero-order valence-electron chi connectivity index (χ0n) is 17.9. The molecule has 2 aromatic carbocycles. The Morgan fingerprint density at radius 1 is 0.875 bits per heavy atom. The molecule has 0 fully saturated rings. The molecule has 1 aliphatic rings. The lowest BCUT2D eigenvalue weighted by Crippen LogP contribution is -2.40. The molecule has 4 aromatic rings. The highest BCUT2D eigenvalue weighted by molar-refractivity contribution is 5.54. The summed E-state index contributed by atoms with van der Waals surface area (Å²) in [4.78, 5) is 27.4. The maximum absolute atomic E-state index is 13.0. The molecule has 2 aromatic heterocycles. The van der Waals surface area contributed by atoms with Crippen molar-refractivity contribution in [3.63, 3.8) is 0 Å². The summed E-state index contributed by atoms with van der Waals surface area (Å²) in [6, 6.07) is 25.2. The Hall–Kier alpha value is -3.57. The van der Waals surface area contributed by atoms with E-state index in [9.17, 15) is 4.79 Å². The molecule has 0 bridgehead atoms. The number of aromatic amines is 1. The predicted molar refractivity (Wildman–Crippen MR) is 126 cm³/mol. The van der Waals surface area contributed by atoms with Gasteiger partial charge in [0.05, 0.1) is 5.69 Å². The first kappa shape index (κ1) is 20.3. The fourth-order valence-electron chi connectivity index (χ4n) is 4.51. The molecule has 5 rings (SSSR count). The third-order valence-corrected chi connectivity index (χ3v) is 6.18. The maximum atomic E-state index is 13.0. The van der Waals surface area contributed by atoms with Crippen LogP contribution in [0.1, 0.15) is 28.8 Å². The van der Waals surface area contributed by atoms with Crippen molar-refractivity contribution in [3.05, 3.63) is 118 Å². The van der Waals surface area contributed by atoms with Gasteiger partial charge in [-0.15, -0.1) is 0 Å². The Labute approximate surface area is 187 Å². The van der Waals surface area contributed by atoms with Gasteiger partial charge in [-0.3, -0.25) is 14.7 Å². The smallest absolute Gasteiger partial charge is 0.254 e. The SMILES string of the molecule is O=c1[nH]c(-c2ccncc2)nc2c1CC(N(Cc1ccccc1)Cc1ccccc1)CC2. The molecule has 0 spiro atoms. The molecular formula is C27H26N4O. The number of rotatable bonds is 6. The second kappa shape index (κ2) is 9.28. The van der Waals surface area contributed by atoms with Crippen molar-refractivity contribution in [1.82, 2.24) is 19.9 Å². The summed E-state index contributed by atoms with van der Waals surface area (Å²) >= 11 is 0. The molecule has 0 saturated heterocycles. The fraction of sp³-hybridized carbons (Fsp3) is 0.222. The lowest BCUT2D eigenvalue weighted by atomic mass is 9.90. The number of hydrogen-bond donors (Lipinski definition) is 1. The number of hydrogen-bond acceptors (Lipinski definition) is 4. The second-order valence-corrected chi connectivity index (χ2v) is 8.35. The molecule has 1 aliphatic carbocycles. The lowest BCUT2D eigenvalue weighted by molar-refractivity contribution is 0.161. The van der Waals surface area contributed by atoms with Crippen molar-refractivity contribution in [2.45, 2.75) is 38.4 Å². The predicted octanol–water partition coefficient (Wildman–Crippen LogP) is 4.39. The van der Waals surface area contributed by atoms with Crippen molar-refractivity contribution in [3.8, 4) is 11.4 Å². The average molecular weight is 423 g/mol. The average Bonchev–Trinajstić information content (AvgIpc) is 2.85. The van der Waals surface area contributed by atoms with Crippen LogP contribution in [-0.4, -0.2) is 25.9 Å². The van der Waals surface area contributed by atoms with Crippen LogP contribution >= 0.6 is 0 Å². The maximum Gasteiger partial charge on any atom is 0.254 e. The summed E-state index contributed by atoms with van der Waals surface area (Å²) in [6.45, 7) is 1.71. The van der Waals surface area contributed by atoms with Gasteiger partial charge in [0, 0.05) is 42.7 Å². The van der Waals surface area contributed by atoms with Crippen molar-refractivity contribution in [1.29, 1.82) is 0 Å². The molecule has 1 unspecified atom stereocenters. The van der Waals surface area contributed by atoms with Crippen molar-refractivity contribution < 1.29 is 0 Å². The largest absolute Gasteiger partial charge is 0.306 e. The topological polar surface area (TPSA) is 61.9 Å².